The summed E-state index contributed by atoms with van der Waals surface area (Å²) in [6, 6.07) is 2.91. The van der Waals surface area contributed by atoms with E-state index in [0.717, 1.165) is 0 Å². The molecule has 2 saturated carbocycles. The van der Waals surface area contributed by atoms with E-state index in [1.807, 2.05) is 0 Å². The second-order valence-corrected chi connectivity index (χ2v) is 9.28. The van der Waals surface area contributed by atoms with E-state index < -0.39 is 75.7 Å². The lowest BCUT2D eigenvalue weighted by Gasteiger charge is -2.55. The molecule has 1 amide bonds. The van der Waals surface area contributed by atoms with Crippen LogP contribution >= 0.6 is 0 Å². The van der Waals surface area contributed by atoms with Crippen LogP contribution in [-0.2, 0) is 24.8 Å². The first-order chi connectivity index (χ1) is 14.8. The zero-order valence-electron chi connectivity index (χ0n) is 17.7. The topological polar surface area (TPSA) is 175 Å². The number of hydrogen-bond acceptors (Lipinski definition) is 9. The molecular weight excluding hydrogens is 420 g/mol. The summed E-state index contributed by atoms with van der Waals surface area (Å²) in [5, 5.41) is 33.1. The Balaban J connectivity index is 1.95. The molecule has 0 spiro atoms. The SMILES string of the molecule is CN(C)[C@@H]1C(=O)[C@@H](C(N)=O)C(=O)[C@@]2(O)C(=O)[C@@H]3C(=O)c4c(O)cccc4[C@@](C)(O)[C@H]3C[C@@H]12. The highest BCUT2D eigenvalue weighted by Gasteiger charge is 2.71. The van der Waals surface area contributed by atoms with Gasteiger partial charge < -0.3 is 21.1 Å². The zero-order chi connectivity index (χ0) is 23.9. The summed E-state index contributed by atoms with van der Waals surface area (Å²) < 4.78 is 0. The van der Waals surface area contributed by atoms with E-state index >= 15 is 0 Å². The number of primary amides is 1. The average Bonchev–Trinajstić information content (AvgIpc) is 2.68. The molecule has 10 nitrogen and oxygen atoms in total. The first-order valence-corrected chi connectivity index (χ1v) is 10.2. The van der Waals surface area contributed by atoms with Crippen LogP contribution in [0.3, 0.4) is 0 Å². The van der Waals surface area contributed by atoms with Crippen molar-refractivity contribution in [2.24, 2.45) is 29.4 Å². The normalized spacial score (nSPS) is 38.9. The summed E-state index contributed by atoms with van der Waals surface area (Å²) in [4.78, 5) is 66.4. The van der Waals surface area contributed by atoms with Gasteiger partial charge in [-0.15, -0.1) is 0 Å². The molecule has 0 unspecified atom stereocenters. The standard InChI is InChI=1S/C22H24N2O8/c1-21(31)8-5-4-6-11(25)12(8)16(26)13-9(21)7-10-15(24(2)3)17(27)14(20(23)30)19(29)22(10,32)18(13)28/h4-6,9-10,13-15,25,31-32H,7H2,1-3H3,(H2,23,30)/t9-,10-,13-,14+,15-,21+,22-/m0/s1. The second-order valence-electron chi connectivity index (χ2n) is 9.28. The summed E-state index contributed by atoms with van der Waals surface area (Å²) in [5.74, 6) is -12.0. The maximum atomic E-state index is 13.6. The Morgan fingerprint density at radius 3 is 2.28 bits per heavy atom. The minimum Gasteiger partial charge on any atom is -0.507 e. The van der Waals surface area contributed by atoms with Gasteiger partial charge in [0.1, 0.15) is 5.75 Å². The van der Waals surface area contributed by atoms with Gasteiger partial charge in [-0.25, -0.2) is 0 Å². The number of benzene rings is 1. The van der Waals surface area contributed by atoms with E-state index in [4.69, 9.17) is 5.73 Å². The number of likely N-dealkylation sites (N-methyl/N-ethyl adjacent to an activating group) is 1. The van der Waals surface area contributed by atoms with Crippen molar-refractivity contribution in [1.82, 2.24) is 4.90 Å². The summed E-state index contributed by atoms with van der Waals surface area (Å²) >= 11 is 0. The fraction of sp³-hybridized carbons (Fsp3) is 0.500. The Bertz CT molecular complexity index is 1090. The van der Waals surface area contributed by atoms with E-state index in [2.05, 4.69) is 0 Å². The van der Waals surface area contributed by atoms with Crippen LogP contribution in [0, 0.1) is 23.7 Å². The van der Waals surface area contributed by atoms with Crippen molar-refractivity contribution in [3.63, 3.8) is 0 Å². The van der Waals surface area contributed by atoms with E-state index in [0.29, 0.717) is 0 Å². The number of nitrogens with zero attached hydrogens (tertiary/aromatic N) is 1. The van der Waals surface area contributed by atoms with Crippen molar-refractivity contribution in [2.75, 3.05) is 14.1 Å². The first kappa shape index (κ1) is 22.3. The van der Waals surface area contributed by atoms with E-state index in [1.165, 1.54) is 44.1 Å². The number of carbonyl (C=O) groups excluding carboxylic acids is 5. The molecule has 2 fully saturated rings. The van der Waals surface area contributed by atoms with Crippen LogP contribution in [0.1, 0.15) is 29.3 Å². The number of rotatable bonds is 2. The van der Waals surface area contributed by atoms with Gasteiger partial charge in [-0.1, -0.05) is 12.1 Å². The summed E-state index contributed by atoms with van der Waals surface area (Å²) in [5.41, 5.74) is 0.511. The van der Waals surface area contributed by atoms with E-state index in [-0.39, 0.29) is 17.5 Å². The van der Waals surface area contributed by atoms with E-state index in [9.17, 15) is 39.3 Å². The Morgan fingerprint density at radius 1 is 1.09 bits per heavy atom. The minimum atomic E-state index is -2.82. The number of Topliss-reactive ketones (excluding diaryl/α,β-unsaturated/α-hetero) is 4. The smallest absolute Gasteiger partial charge is 0.235 e. The number of phenolic OH excluding ortho intramolecular Hbond substituents is 1. The fourth-order valence-corrected chi connectivity index (χ4v) is 5.88. The Labute approximate surface area is 183 Å². The lowest BCUT2D eigenvalue weighted by Crippen LogP contribution is -2.75. The highest BCUT2D eigenvalue weighted by molar-refractivity contribution is 6.32. The van der Waals surface area contributed by atoms with Gasteiger partial charge in [-0.2, -0.15) is 0 Å². The van der Waals surface area contributed by atoms with Gasteiger partial charge in [0.2, 0.25) is 5.91 Å². The van der Waals surface area contributed by atoms with Gasteiger partial charge in [0.15, 0.2) is 34.7 Å². The molecule has 4 rings (SSSR count). The third kappa shape index (κ3) is 2.54. The van der Waals surface area contributed by atoms with Crippen LogP contribution < -0.4 is 5.73 Å². The summed E-state index contributed by atoms with van der Waals surface area (Å²) in [6.45, 7) is 1.39. The number of fused-ring (bicyclic) bond motifs is 3. The predicted molar refractivity (Wildman–Crippen MR) is 107 cm³/mol. The van der Waals surface area contributed by atoms with Crippen LogP contribution in [0.15, 0.2) is 18.2 Å². The van der Waals surface area contributed by atoms with Gasteiger partial charge in [-0.3, -0.25) is 28.9 Å². The quantitative estimate of drug-likeness (QED) is 0.397. The molecule has 0 radical (unpaired) electrons. The molecular formula is C22H24N2O8. The minimum absolute atomic E-state index is 0.117. The molecule has 0 bridgehead atoms. The number of amides is 1. The van der Waals surface area contributed by atoms with E-state index in [1.54, 1.807) is 0 Å². The fourth-order valence-electron chi connectivity index (χ4n) is 5.88. The molecule has 0 heterocycles. The predicted octanol–water partition coefficient (Wildman–Crippen LogP) is -1.47. The van der Waals surface area contributed by atoms with Crippen molar-refractivity contribution >= 4 is 29.0 Å². The monoisotopic (exact) mass is 444 g/mol. The molecule has 7 atom stereocenters. The lowest BCUT2D eigenvalue weighted by atomic mass is 9.49. The van der Waals surface area contributed by atoms with Crippen LogP contribution in [-0.4, -0.2) is 75.0 Å². The maximum absolute atomic E-state index is 13.6. The maximum Gasteiger partial charge on any atom is 0.235 e. The van der Waals surface area contributed by atoms with Crippen LogP contribution in [0.2, 0.25) is 0 Å². The Kier molecular flexibility index (Phi) is 4.71. The molecule has 1 aromatic carbocycles. The van der Waals surface area contributed by atoms with Gasteiger partial charge >= 0.3 is 0 Å². The molecule has 170 valence electrons. The molecule has 0 aliphatic heterocycles. The zero-order valence-corrected chi connectivity index (χ0v) is 17.7. The molecule has 0 aromatic heterocycles. The van der Waals surface area contributed by atoms with Crippen LogP contribution in [0.25, 0.3) is 0 Å². The largest absolute Gasteiger partial charge is 0.507 e. The second kappa shape index (κ2) is 6.77. The molecule has 3 aliphatic carbocycles. The highest BCUT2D eigenvalue weighted by Crippen LogP contribution is 2.55. The van der Waals surface area contributed by atoms with Crippen molar-refractivity contribution in [3.8, 4) is 5.75 Å². The number of ketones is 4. The van der Waals surface area contributed by atoms with Gasteiger partial charge in [0.05, 0.1) is 23.1 Å². The molecule has 3 aliphatic rings. The molecule has 5 N–H and O–H groups in total. The molecule has 1 aromatic rings. The number of carbonyl (C=O) groups is 5. The van der Waals surface area contributed by atoms with Gasteiger partial charge in [0.25, 0.3) is 0 Å². The Hall–Kier alpha value is -2.95. The van der Waals surface area contributed by atoms with Crippen molar-refractivity contribution in [3.05, 3.63) is 29.3 Å². The summed E-state index contributed by atoms with van der Waals surface area (Å²) in [6.07, 6.45) is -0.230. The third-order valence-electron chi connectivity index (χ3n) is 7.38. The number of nitrogens with two attached hydrogens (primary N) is 1. The number of hydrogen-bond donors (Lipinski definition) is 4. The van der Waals surface area contributed by atoms with Gasteiger partial charge in [-0.05, 0) is 39.1 Å². The molecule has 32 heavy (non-hydrogen) atoms. The highest BCUT2D eigenvalue weighted by atomic mass is 16.3. The molecule has 0 saturated heterocycles. The van der Waals surface area contributed by atoms with Crippen molar-refractivity contribution < 1.29 is 39.3 Å². The number of aromatic hydroxyl groups is 1. The lowest BCUT2D eigenvalue weighted by molar-refractivity contribution is -0.188. The van der Waals surface area contributed by atoms with Crippen LogP contribution in [0.4, 0.5) is 0 Å². The number of phenols is 1. The van der Waals surface area contributed by atoms with Crippen LogP contribution in [0.5, 0.6) is 5.75 Å². The summed E-state index contributed by atoms with van der Waals surface area (Å²) in [7, 11) is 2.98. The van der Waals surface area contributed by atoms with Gasteiger partial charge in [0, 0.05) is 11.8 Å². The third-order valence-corrected chi connectivity index (χ3v) is 7.38. The van der Waals surface area contributed by atoms with Crippen molar-refractivity contribution in [1.29, 1.82) is 0 Å². The molecule has 10 heteroatoms. The van der Waals surface area contributed by atoms with Crippen molar-refractivity contribution in [2.45, 2.75) is 30.6 Å². The first-order valence-electron chi connectivity index (χ1n) is 10.2. The average molecular weight is 444 g/mol. The number of aliphatic hydroxyl groups is 2. The Morgan fingerprint density at radius 2 is 1.72 bits per heavy atom.